The molecule has 1 rings (SSSR count). The number of hydrogen-bond acceptors (Lipinski definition) is 1. The summed E-state index contributed by atoms with van der Waals surface area (Å²) in [4.78, 5) is 0. The van der Waals surface area contributed by atoms with E-state index in [2.05, 4.69) is 57.3 Å². The molecule has 0 aromatic heterocycles. The average molecular weight is 388 g/mol. The Morgan fingerprint density at radius 3 is 2.67 bits per heavy atom. The van der Waals surface area contributed by atoms with Crippen LogP contribution in [0.4, 0.5) is 0 Å². The van der Waals surface area contributed by atoms with E-state index in [1.807, 2.05) is 12.1 Å². The molecule has 0 amide bonds. The lowest BCUT2D eigenvalue weighted by Crippen LogP contribution is -1.97. The summed E-state index contributed by atoms with van der Waals surface area (Å²) in [5, 5.41) is 0. The number of rotatable bonds is 4. The molecular weight excluding hydrogens is 378 g/mol. The number of alkyl halides is 1. The molecule has 3 heteroatoms. The summed E-state index contributed by atoms with van der Waals surface area (Å²) in [5.41, 5.74) is 1.28. The predicted octanol–water partition coefficient (Wildman–Crippen LogP) is 3.24. The van der Waals surface area contributed by atoms with Crippen LogP contribution in [-0.2, 0) is 11.3 Å². The van der Waals surface area contributed by atoms with Crippen molar-refractivity contribution >= 4 is 45.2 Å². The normalized spacial score (nSPS) is 10.2. The van der Waals surface area contributed by atoms with Gasteiger partial charge in [0.1, 0.15) is 0 Å². The molecule has 0 fully saturated rings. The maximum atomic E-state index is 5.44. The van der Waals surface area contributed by atoms with Crippen LogP contribution in [0.15, 0.2) is 24.3 Å². The third kappa shape index (κ3) is 3.57. The Bertz CT molecular complexity index is 238. The standard InChI is InChI=1S/C9H10I2O/c10-5-6-12-7-8-3-1-2-4-9(8)11/h1-4H,5-7H2. The number of hydrogen-bond donors (Lipinski definition) is 0. The highest BCUT2D eigenvalue weighted by Crippen LogP contribution is 2.12. The second-order valence-electron chi connectivity index (χ2n) is 2.33. The Kier molecular flexibility index (Phi) is 5.49. The molecule has 1 nitrogen and oxygen atoms in total. The first-order valence-corrected chi connectivity index (χ1v) is 6.32. The second kappa shape index (κ2) is 6.15. The van der Waals surface area contributed by atoms with Crippen molar-refractivity contribution in [1.82, 2.24) is 0 Å². The van der Waals surface area contributed by atoms with E-state index < -0.39 is 0 Å². The highest BCUT2D eigenvalue weighted by Gasteiger charge is 1.96. The van der Waals surface area contributed by atoms with E-state index in [1.165, 1.54) is 9.13 Å². The molecule has 0 aliphatic carbocycles. The predicted molar refractivity (Wildman–Crippen MR) is 67.7 cm³/mol. The van der Waals surface area contributed by atoms with Gasteiger partial charge in [0.25, 0.3) is 0 Å². The van der Waals surface area contributed by atoms with E-state index in [9.17, 15) is 0 Å². The molecular formula is C9H10I2O. The summed E-state index contributed by atoms with van der Waals surface area (Å²) in [6.45, 7) is 1.58. The van der Waals surface area contributed by atoms with E-state index in [4.69, 9.17) is 4.74 Å². The molecule has 0 radical (unpaired) electrons. The lowest BCUT2D eigenvalue weighted by molar-refractivity contribution is 0.137. The zero-order valence-corrected chi connectivity index (χ0v) is 10.9. The zero-order valence-electron chi connectivity index (χ0n) is 6.59. The van der Waals surface area contributed by atoms with Gasteiger partial charge in [-0.2, -0.15) is 0 Å². The van der Waals surface area contributed by atoms with Gasteiger partial charge in [-0.1, -0.05) is 40.8 Å². The van der Waals surface area contributed by atoms with Gasteiger partial charge in [0.15, 0.2) is 0 Å². The minimum Gasteiger partial charge on any atom is -0.376 e. The smallest absolute Gasteiger partial charge is 0.0727 e. The Labute approximate surface area is 100 Å². The average Bonchev–Trinajstić information content (AvgIpc) is 2.09. The van der Waals surface area contributed by atoms with Crippen LogP contribution in [0.5, 0.6) is 0 Å². The Morgan fingerprint density at radius 2 is 2.00 bits per heavy atom. The highest BCUT2D eigenvalue weighted by molar-refractivity contribution is 14.1. The van der Waals surface area contributed by atoms with Gasteiger partial charge in [-0.15, -0.1) is 0 Å². The fraction of sp³-hybridized carbons (Fsp3) is 0.333. The second-order valence-corrected chi connectivity index (χ2v) is 4.57. The summed E-state index contributed by atoms with van der Waals surface area (Å²) < 4.78 is 7.78. The Balaban J connectivity index is 2.46. The molecule has 0 bridgehead atoms. The van der Waals surface area contributed by atoms with Gasteiger partial charge in [-0.3, -0.25) is 0 Å². The van der Waals surface area contributed by atoms with Gasteiger partial charge < -0.3 is 4.74 Å². The number of halogens is 2. The fourth-order valence-corrected chi connectivity index (χ4v) is 1.71. The molecule has 0 unspecified atom stereocenters. The van der Waals surface area contributed by atoms with Gasteiger partial charge in [0, 0.05) is 8.00 Å². The lowest BCUT2D eigenvalue weighted by Gasteiger charge is -2.03. The Morgan fingerprint density at radius 1 is 1.25 bits per heavy atom. The zero-order chi connectivity index (χ0) is 8.81. The van der Waals surface area contributed by atoms with Gasteiger partial charge in [0.2, 0.25) is 0 Å². The maximum absolute atomic E-state index is 5.44. The molecule has 1 aromatic rings. The first kappa shape index (κ1) is 10.7. The van der Waals surface area contributed by atoms with Crippen molar-refractivity contribution < 1.29 is 4.74 Å². The van der Waals surface area contributed by atoms with Crippen molar-refractivity contribution in [3.63, 3.8) is 0 Å². The molecule has 0 aliphatic heterocycles. The van der Waals surface area contributed by atoms with Crippen molar-refractivity contribution in [2.75, 3.05) is 11.0 Å². The van der Waals surface area contributed by atoms with Crippen molar-refractivity contribution in [2.24, 2.45) is 0 Å². The number of ether oxygens (including phenoxy) is 1. The van der Waals surface area contributed by atoms with E-state index in [-0.39, 0.29) is 0 Å². The van der Waals surface area contributed by atoms with Crippen LogP contribution in [0.3, 0.4) is 0 Å². The molecule has 0 saturated carbocycles. The van der Waals surface area contributed by atoms with Crippen LogP contribution in [0, 0.1) is 3.57 Å². The van der Waals surface area contributed by atoms with Crippen molar-refractivity contribution in [3.05, 3.63) is 33.4 Å². The molecule has 12 heavy (non-hydrogen) atoms. The quantitative estimate of drug-likeness (QED) is 0.438. The SMILES string of the molecule is ICCOCc1ccccc1I. The Hall–Kier alpha value is 0.640. The van der Waals surface area contributed by atoms with Crippen LogP contribution in [0.1, 0.15) is 5.56 Å². The van der Waals surface area contributed by atoms with Gasteiger partial charge >= 0.3 is 0 Å². The molecule has 1 aromatic carbocycles. The summed E-state index contributed by atoms with van der Waals surface area (Å²) in [6, 6.07) is 8.30. The first-order chi connectivity index (χ1) is 5.84. The first-order valence-electron chi connectivity index (χ1n) is 3.71. The van der Waals surface area contributed by atoms with Gasteiger partial charge in [0.05, 0.1) is 13.2 Å². The third-order valence-corrected chi connectivity index (χ3v) is 2.93. The monoisotopic (exact) mass is 388 g/mol. The van der Waals surface area contributed by atoms with E-state index in [1.54, 1.807) is 0 Å². The molecule has 0 spiro atoms. The van der Waals surface area contributed by atoms with E-state index in [0.29, 0.717) is 0 Å². The topological polar surface area (TPSA) is 9.23 Å². The van der Waals surface area contributed by atoms with Gasteiger partial charge in [-0.25, -0.2) is 0 Å². The third-order valence-electron chi connectivity index (χ3n) is 1.44. The molecule has 0 N–H and O–H groups in total. The summed E-state index contributed by atoms with van der Waals surface area (Å²) in [5.74, 6) is 0. The van der Waals surface area contributed by atoms with E-state index >= 15 is 0 Å². The molecule has 66 valence electrons. The molecule has 0 aliphatic rings. The highest BCUT2D eigenvalue weighted by atomic mass is 127. The summed E-state index contributed by atoms with van der Waals surface area (Å²) in [6.07, 6.45) is 0. The molecule has 0 heterocycles. The van der Waals surface area contributed by atoms with Crippen LogP contribution < -0.4 is 0 Å². The minimum atomic E-state index is 0.738. The van der Waals surface area contributed by atoms with Crippen molar-refractivity contribution in [3.8, 4) is 0 Å². The molecule has 0 saturated heterocycles. The van der Waals surface area contributed by atoms with Crippen molar-refractivity contribution in [1.29, 1.82) is 0 Å². The summed E-state index contributed by atoms with van der Waals surface area (Å²) >= 11 is 4.64. The minimum absolute atomic E-state index is 0.738. The number of benzene rings is 1. The fourth-order valence-electron chi connectivity index (χ4n) is 0.852. The maximum Gasteiger partial charge on any atom is 0.0727 e. The van der Waals surface area contributed by atoms with Crippen LogP contribution in [0.2, 0.25) is 0 Å². The van der Waals surface area contributed by atoms with Crippen LogP contribution in [0.25, 0.3) is 0 Å². The van der Waals surface area contributed by atoms with Crippen LogP contribution >= 0.6 is 45.2 Å². The lowest BCUT2D eigenvalue weighted by atomic mass is 10.2. The summed E-state index contributed by atoms with van der Waals surface area (Å²) in [7, 11) is 0. The molecule has 0 atom stereocenters. The van der Waals surface area contributed by atoms with Crippen LogP contribution in [-0.4, -0.2) is 11.0 Å². The van der Waals surface area contributed by atoms with Crippen molar-refractivity contribution in [2.45, 2.75) is 6.61 Å². The van der Waals surface area contributed by atoms with E-state index in [0.717, 1.165) is 17.6 Å². The largest absolute Gasteiger partial charge is 0.376 e. The van der Waals surface area contributed by atoms with Gasteiger partial charge in [-0.05, 0) is 34.2 Å².